The predicted octanol–water partition coefficient (Wildman–Crippen LogP) is 2.54. The number of nitrogens with zero attached hydrogens (tertiary/aromatic N) is 1. The number of nitrogens with one attached hydrogen (secondary N) is 1. The fourth-order valence-corrected chi connectivity index (χ4v) is 2.66. The van der Waals surface area contributed by atoms with Gasteiger partial charge < -0.3 is 19.5 Å². The second-order valence-electron chi connectivity index (χ2n) is 6.30. The zero-order valence-electron chi connectivity index (χ0n) is 15.5. The predicted molar refractivity (Wildman–Crippen MR) is 98.1 cm³/mol. The summed E-state index contributed by atoms with van der Waals surface area (Å²) in [6, 6.07) is 7.45. The van der Waals surface area contributed by atoms with Crippen molar-refractivity contribution in [2.75, 3.05) is 51.4 Å². The maximum Gasteiger partial charge on any atom is 0.256 e. The van der Waals surface area contributed by atoms with Gasteiger partial charge in [0.05, 0.1) is 13.2 Å². The molecule has 0 radical (unpaired) electrons. The van der Waals surface area contributed by atoms with Crippen molar-refractivity contribution in [2.45, 2.75) is 32.8 Å². The molecular weight excluding hydrogens is 320 g/mol. The number of hydrogen-bond acceptors (Lipinski definition) is 5. The van der Waals surface area contributed by atoms with E-state index in [1.165, 1.54) is 0 Å². The standard InChI is InChI=1S/C19H30N2O4/c1-4-19(3,25-5-2)18(22)20-16-6-8-17(9-7-16)24-15-12-21-10-13-23-14-11-21/h6-9H,4-5,10-15H2,1-3H3,(H,20,22)/t19-/m0/s1. The van der Waals surface area contributed by atoms with Gasteiger partial charge in [-0.1, -0.05) is 6.92 Å². The molecule has 1 saturated heterocycles. The quantitative estimate of drug-likeness (QED) is 0.742. The number of anilines is 1. The van der Waals surface area contributed by atoms with Crippen LogP contribution in [0.2, 0.25) is 0 Å². The van der Waals surface area contributed by atoms with Crippen LogP contribution in [0.4, 0.5) is 5.69 Å². The van der Waals surface area contributed by atoms with Crippen molar-refractivity contribution in [2.24, 2.45) is 0 Å². The van der Waals surface area contributed by atoms with Crippen LogP contribution in [0, 0.1) is 0 Å². The second-order valence-corrected chi connectivity index (χ2v) is 6.30. The van der Waals surface area contributed by atoms with Crippen molar-refractivity contribution in [3.63, 3.8) is 0 Å². The molecule has 6 nitrogen and oxygen atoms in total. The summed E-state index contributed by atoms with van der Waals surface area (Å²) in [5.74, 6) is 0.673. The Bertz CT molecular complexity index is 529. The van der Waals surface area contributed by atoms with Crippen LogP contribution in [0.1, 0.15) is 27.2 Å². The smallest absolute Gasteiger partial charge is 0.256 e. The summed E-state index contributed by atoms with van der Waals surface area (Å²) in [5.41, 5.74) is -0.0628. The maximum absolute atomic E-state index is 12.4. The van der Waals surface area contributed by atoms with Crippen LogP contribution in [0.15, 0.2) is 24.3 Å². The molecule has 1 atom stereocenters. The second kappa shape index (κ2) is 9.75. The largest absolute Gasteiger partial charge is 0.492 e. The molecule has 1 fully saturated rings. The maximum atomic E-state index is 12.4. The van der Waals surface area contributed by atoms with Crippen molar-refractivity contribution < 1.29 is 19.0 Å². The Kier molecular flexibility index (Phi) is 7.68. The van der Waals surface area contributed by atoms with Crippen LogP contribution in [0.25, 0.3) is 0 Å². The first-order chi connectivity index (χ1) is 12.1. The van der Waals surface area contributed by atoms with E-state index < -0.39 is 5.60 Å². The zero-order valence-corrected chi connectivity index (χ0v) is 15.5. The molecule has 1 aliphatic rings. The first kappa shape index (κ1) is 19.7. The molecule has 0 saturated carbocycles. The van der Waals surface area contributed by atoms with Crippen LogP contribution in [0.3, 0.4) is 0 Å². The number of amides is 1. The zero-order chi connectivity index (χ0) is 18.1. The van der Waals surface area contributed by atoms with E-state index in [-0.39, 0.29) is 5.91 Å². The van der Waals surface area contributed by atoms with E-state index in [4.69, 9.17) is 14.2 Å². The van der Waals surface area contributed by atoms with Crippen LogP contribution in [-0.2, 0) is 14.3 Å². The van der Waals surface area contributed by atoms with Crippen LogP contribution >= 0.6 is 0 Å². The van der Waals surface area contributed by atoms with Gasteiger partial charge in [0.15, 0.2) is 0 Å². The first-order valence-electron chi connectivity index (χ1n) is 9.05. The van der Waals surface area contributed by atoms with E-state index in [0.717, 1.165) is 44.3 Å². The van der Waals surface area contributed by atoms with Gasteiger partial charge in [-0.2, -0.15) is 0 Å². The van der Waals surface area contributed by atoms with Crippen molar-refractivity contribution in [1.82, 2.24) is 4.90 Å². The topological polar surface area (TPSA) is 60.0 Å². The molecule has 1 N–H and O–H groups in total. The molecule has 1 aromatic rings. The summed E-state index contributed by atoms with van der Waals surface area (Å²) in [5, 5.41) is 2.91. The molecule has 0 bridgehead atoms. The molecule has 6 heteroatoms. The lowest BCUT2D eigenvalue weighted by Crippen LogP contribution is -2.42. The molecule has 0 aliphatic carbocycles. The van der Waals surface area contributed by atoms with E-state index in [1.54, 1.807) is 0 Å². The lowest BCUT2D eigenvalue weighted by Gasteiger charge is -2.27. The Morgan fingerprint density at radius 3 is 2.52 bits per heavy atom. The lowest BCUT2D eigenvalue weighted by atomic mass is 10.0. The van der Waals surface area contributed by atoms with Gasteiger partial charge in [0.2, 0.25) is 0 Å². The van der Waals surface area contributed by atoms with Gasteiger partial charge in [0.25, 0.3) is 5.91 Å². The number of carbonyl (C=O) groups is 1. The minimum atomic E-state index is -0.803. The highest BCUT2D eigenvalue weighted by molar-refractivity contribution is 5.97. The average Bonchev–Trinajstić information content (AvgIpc) is 2.64. The molecule has 1 aromatic carbocycles. The molecule has 25 heavy (non-hydrogen) atoms. The number of carbonyl (C=O) groups excluding carboxylic acids is 1. The molecule has 0 unspecified atom stereocenters. The molecule has 0 spiro atoms. The van der Waals surface area contributed by atoms with Gasteiger partial charge >= 0.3 is 0 Å². The van der Waals surface area contributed by atoms with Crippen LogP contribution in [-0.4, -0.2) is 62.5 Å². The minimum Gasteiger partial charge on any atom is -0.492 e. The molecule has 1 heterocycles. The Morgan fingerprint density at radius 2 is 1.92 bits per heavy atom. The summed E-state index contributed by atoms with van der Waals surface area (Å²) in [6.07, 6.45) is 0.620. The van der Waals surface area contributed by atoms with Gasteiger partial charge in [0.1, 0.15) is 18.0 Å². The van der Waals surface area contributed by atoms with Crippen LogP contribution < -0.4 is 10.1 Å². The van der Waals surface area contributed by atoms with Gasteiger partial charge in [0, 0.05) is 31.9 Å². The average molecular weight is 350 g/mol. The molecular formula is C19H30N2O4. The minimum absolute atomic E-state index is 0.127. The number of morpholine rings is 1. The molecule has 2 rings (SSSR count). The summed E-state index contributed by atoms with van der Waals surface area (Å²) < 4.78 is 16.7. The van der Waals surface area contributed by atoms with Crippen molar-refractivity contribution in [3.05, 3.63) is 24.3 Å². The van der Waals surface area contributed by atoms with E-state index in [0.29, 0.717) is 19.6 Å². The molecule has 1 amide bonds. The summed E-state index contributed by atoms with van der Waals surface area (Å²) in [6.45, 7) is 11.2. The first-order valence-corrected chi connectivity index (χ1v) is 9.05. The number of hydrogen-bond donors (Lipinski definition) is 1. The Morgan fingerprint density at radius 1 is 1.24 bits per heavy atom. The van der Waals surface area contributed by atoms with Gasteiger partial charge in [-0.05, 0) is 44.5 Å². The molecule has 140 valence electrons. The van der Waals surface area contributed by atoms with Gasteiger partial charge in [-0.15, -0.1) is 0 Å². The van der Waals surface area contributed by atoms with Crippen molar-refractivity contribution >= 4 is 11.6 Å². The summed E-state index contributed by atoms with van der Waals surface area (Å²) >= 11 is 0. The highest BCUT2D eigenvalue weighted by atomic mass is 16.5. The highest BCUT2D eigenvalue weighted by Gasteiger charge is 2.31. The third-order valence-electron chi connectivity index (χ3n) is 4.51. The van der Waals surface area contributed by atoms with Crippen LogP contribution in [0.5, 0.6) is 5.75 Å². The van der Waals surface area contributed by atoms with Crippen molar-refractivity contribution in [1.29, 1.82) is 0 Å². The number of benzene rings is 1. The van der Waals surface area contributed by atoms with E-state index in [1.807, 2.05) is 45.0 Å². The van der Waals surface area contributed by atoms with Crippen molar-refractivity contribution in [3.8, 4) is 5.75 Å². The van der Waals surface area contributed by atoms with Gasteiger partial charge in [-0.25, -0.2) is 0 Å². The third kappa shape index (κ3) is 5.99. The van der Waals surface area contributed by atoms with E-state index in [2.05, 4.69) is 10.2 Å². The highest BCUT2D eigenvalue weighted by Crippen LogP contribution is 2.20. The molecule has 1 aliphatic heterocycles. The Hall–Kier alpha value is -1.63. The summed E-state index contributed by atoms with van der Waals surface area (Å²) in [7, 11) is 0. The number of ether oxygens (including phenoxy) is 3. The van der Waals surface area contributed by atoms with E-state index in [9.17, 15) is 4.79 Å². The fourth-order valence-electron chi connectivity index (χ4n) is 2.66. The Labute approximate surface area is 150 Å². The normalized spacial score (nSPS) is 17.7. The van der Waals surface area contributed by atoms with Gasteiger partial charge in [-0.3, -0.25) is 9.69 Å². The molecule has 0 aromatic heterocycles. The fraction of sp³-hybridized carbons (Fsp3) is 0.632. The monoisotopic (exact) mass is 350 g/mol. The Balaban J connectivity index is 1.79. The van der Waals surface area contributed by atoms with E-state index >= 15 is 0 Å². The third-order valence-corrected chi connectivity index (χ3v) is 4.51. The lowest BCUT2D eigenvalue weighted by molar-refractivity contribution is -0.139. The number of rotatable bonds is 9. The SMILES string of the molecule is CCO[C@@](C)(CC)C(=O)Nc1ccc(OCCN2CCOCC2)cc1. The summed E-state index contributed by atoms with van der Waals surface area (Å²) in [4.78, 5) is 14.7.